The molecule has 0 unspecified atom stereocenters. The number of alkyl halides is 1. The van der Waals surface area contributed by atoms with Crippen LogP contribution in [0.1, 0.15) is 47.9 Å². The van der Waals surface area contributed by atoms with E-state index >= 15 is 0 Å². The molecule has 0 radical (unpaired) electrons. The molecule has 0 aliphatic carbocycles. The number of nitro benzene ring substituents is 1. The Labute approximate surface area is 250 Å². The Bertz CT molecular complexity index is 1540. The predicted octanol–water partition coefficient (Wildman–Crippen LogP) is 6.88. The van der Waals surface area contributed by atoms with Gasteiger partial charge in [0.25, 0.3) is 23.4 Å². The van der Waals surface area contributed by atoms with E-state index in [2.05, 4.69) is 0 Å². The van der Waals surface area contributed by atoms with Crippen molar-refractivity contribution in [2.75, 3.05) is 5.88 Å². The lowest BCUT2D eigenvalue weighted by atomic mass is 10.0. The van der Waals surface area contributed by atoms with Gasteiger partial charge in [0.1, 0.15) is 11.9 Å². The number of non-ortho nitro benzene ring substituents is 1. The first-order chi connectivity index (χ1) is 18.9. The van der Waals surface area contributed by atoms with Gasteiger partial charge in [-0.25, -0.2) is 9.40 Å². The minimum absolute atomic E-state index is 0.0585. The van der Waals surface area contributed by atoms with Crippen LogP contribution in [0.5, 0.6) is 0 Å². The minimum atomic E-state index is -1.59. The van der Waals surface area contributed by atoms with Crippen LogP contribution in [0.2, 0.25) is 20.1 Å². The maximum atomic E-state index is 13.9. The van der Waals surface area contributed by atoms with Gasteiger partial charge in [-0.1, -0.05) is 46.4 Å². The molecular formula is C25H13Cl5FN3O6. The second-order valence-electron chi connectivity index (χ2n) is 8.25. The predicted molar refractivity (Wildman–Crippen MR) is 146 cm³/mol. The largest absolute Gasteiger partial charge is 0.292 e. The average molecular weight is 648 g/mol. The standard InChI is InChI=1S/C25H13Cl5FN3O6/c26-10-9-15(22(35)11-1-5-13(31)6-2-11)32(23(36)12-3-7-14(8-4-12)34(39)40)33-24(37)16-17(25(33)38)19(28)21(30)20(29)18(16)27/h1-8,15H,9-10H2/t15-/m0/s1. The fraction of sp³-hybridized carbons (Fsp3) is 0.120. The maximum Gasteiger partial charge on any atom is 0.282 e. The number of nitro groups is 1. The summed E-state index contributed by atoms with van der Waals surface area (Å²) < 4.78 is 13.5. The number of hydrogen-bond donors (Lipinski definition) is 0. The summed E-state index contributed by atoms with van der Waals surface area (Å²) in [6.45, 7) is 0. The number of carbonyl (C=O) groups is 4. The fourth-order valence-electron chi connectivity index (χ4n) is 4.04. The summed E-state index contributed by atoms with van der Waals surface area (Å²) in [6, 6.07) is 6.97. The summed E-state index contributed by atoms with van der Waals surface area (Å²) in [4.78, 5) is 65.3. The zero-order valence-corrected chi connectivity index (χ0v) is 23.4. The van der Waals surface area contributed by atoms with Gasteiger partial charge >= 0.3 is 0 Å². The number of amides is 3. The number of nitrogens with zero attached hydrogens (tertiary/aromatic N) is 3. The maximum absolute atomic E-state index is 13.9. The molecule has 0 spiro atoms. The van der Waals surface area contributed by atoms with E-state index in [9.17, 15) is 33.7 Å². The molecule has 1 aliphatic rings. The van der Waals surface area contributed by atoms with Crippen molar-refractivity contribution in [2.24, 2.45) is 0 Å². The van der Waals surface area contributed by atoms with Crippen molar-refractivity contribution >= 4 is 87.2 Å². The van der Waals surface area contributed by atoms with Crippen molar-refractivity contribution < 1.29 is 28.5 Å². The Hall–Kier alpha value is -3.28. The summed E-state index contributed by atoms with van der Waals surface area (Å²) in [6.07, 6.45) is -0.271. The second kappa shape index (κ2) is 11.7. The monoisotopic (exact) mass is 645 g/mol. The quantitative estimate of drug-likeness (QED) is 0.0500. The molecule has 0 bridgehead atoms. The zero-order valence-electron chi connectivity index (χ0n) is 19.7. The molecule has 0 N–H and O–H groups in total. The Morgan fingerprint density at radius 1 is 0.850 bits per heavy atom. The van der Waals surface area contributed by atoms with Gasteiger partial charge in [0.15, 0.2) is 5.78 Å². The highest BCUT2D eigenvalue weighted by atomic mass is 35.5. The Morgan fingerprint density at radius 3 is 1.77 bits per heavy atom. The number of hydrogen-bond acceptors (Lipinski definition) is 6. The zero-order chi connectivity index (χ0) is 29.5. The van der Waals surface area contributed by atoms with Crippen LogP contribution in [0.3, 0.4) is 0 Å². The third-order valence-corrected chi connectivity index (χ3v) is 7.96. The van der Waals surface area contributed by atoms with Gasteiger partial charge in [0, 0.05) is 29.1 Å². The van der Waals surface area contributed by atoms with Gasteiger partial charge in [-0.05, 0) is 42.8 Å². The number of hydrazine groups is 1. The van der Waals surface area contributed by atoms with Crippen molar-refractivity contribution in [3.8, 4) is 0 Å². The molecule has 0 saturated heterocycles. The fourth-order valence-corrected chi connectivity index (χ4v) is 5.26. The number of ketones is 1. The number of fused-ring (bicyclic) bond motifs is 1. The van der Waals surface area contributed by atoms with Crippen LogP contribution in [-0.2, 0) is 0 Å². The highest BCUT2D eigenvalue weighted by Crippen LogP contribution is 2.45. The first-order valence-electron chi connectivity index (χ1n) is 11.1. The van der Waals surface area contributed by atoms with Gasteiger partial charge in [-0.2, -0.15) is 5.01 Å². The summed E-state index contributed by atoms with van der Waals surface area (Å²) in [5.41, 5.74) is -1.53. The van der Waals surface area contributed by atoms with Crippen LogP contribution in [-0.4, -0.2) is 50.4 Å². The molecule has 1 aliphatic heterocycles. The van der Waals surface area contributed by atoms with E-state index < -0.39 is 61.5 Å². The van der Waals surface area contributed by atoms with E-state index in [1.807, 2.05) is 0 Å². The molecule has 40 heavy (non-hydrogen) atoms. The number of Topliss-reactive ketones (excluding diaryl/α,β-unsaturated/α-hetero) is 1. The number of carbonyl (C=O) groups excluding carboxylic acids is 4. The molecule has 206 valence electrons. The summed E-state index contributed by atoms with van der Waals surface area (Å²) in [7, 11) is 0. The van der Waals surface area contributed by atoms with Crippen LogP contribution in [0.25, 0.3) is 0 Å². The van der Waals surface area contributed by atoms with Gasteiger partial charge in [-0.15, -0.1) is 11.6 Å². The van der Waals surface area contributed by atoms with Crippen molar-refractivity contribution in [1.82, 2.24) is 10.0 Å². The van der Waals surface area contributed by atoms with Crippen molar-refractivity contribution in [1.29, 1.82) is 0 Å². The van der Waals surface area contributed by atoms with E-state index in [4.69, 9.17) is 58.0 Å². The topological polar surface area (TPSA) is 118 Å². The molecule has 1 atom stereocenters. The highest BCUT2D eigenvalue weighted by Gasteiger charge is 2.49. The van der Waals surface area contributed by atoms with Crippen molar-refractivity contribution in [2.45, 2.75) is 12.5 Å². The lowest BCUT2D eigenvalue weighted by molar-refractivity contribution is -0.384. The van der Waals surface area contributed by atoms with E-state index in [0.29, 0.717) is 10.0 Å². The lowest BCUT2D eigenvalue weighted by Gasteiger charge is -2.36. The van der Waals surface area contributed by atoms with Gasteiger partial charge < -0.3 is 0 Å². The Balaban J connectivity index is 1.91. The molecule has 3 aromatic carbocycles. The molecule has 0 fully saturated rings. The molecule has 3 amide bonds. The van der Waals surface area contributed by atoms with Crippen LogP contribution < -0.4 is 0 Å². The summed E-state index contributed by atoms with van der Waals surface area (Å²) in [5, 5.41) is 10.6. The van der Waals surface area contributed by atoms with Crippen LogP contribution in [0.15, 0.2) is 48.5 Å². The minimum Gasteiger partial charge on any atom is -0.292 e. The van der Waals surface area contributed by atoms with Crippen LogP contribution in [0, 0.1) is 15.9 Å². The van der Waals surface area contributed by atoms with Gasteiger partial charge in [0.05, 0.1) is 36.1 Å². The molecule has 1 heterocycles. The van der Waals surface area contributed by atoms with Crippen LogP contribution in [0.4, 0.5) is 10.1 Å². The Morgan fingerprint density at radius 2 is 1.32 bits per heavy atom. The van der Waals surface area contributed by atoms with Crippen molar-refractivity contribution in [3.05, 3.63) is 107 Å². The van der Waals surface area contributed by atoms with Crippen molar-refractivity contribution in [3.63, 3.8) is 0 Å². The summed E-state index contributed by atoms with van der Waals surface area (Å²) >= 11 is 30.6. The molecular weight excluding hydrogens is 635 g/mol. The normalized spacial score (nSPS) is 13.3. The van der Waals surface area contributed by atoms with E-state index in [-0.39, 0.29) is 39.2 Å². The van der Waals surface area contributed by atoms with E-state index in [1.54, 1.807) is 0 Å². The first kappa shape index (κ1) is 29.7. The van der Waals surface area contributed by atoms with Crippen LogP contribution >= 0.6 is 58.0 Å². The molecule has 0 aromatic heterocycles. The SMILES string of the molecule is O=C(c1ccc(F)cc1)[C@H](CCCl)N(C(=O)c1ccc([N+](=O)[O-])cc1)N1C(=O)c2c(Cl)c(Cl)c(Cl)c(Cl)c2C1=O. The lowest BCUT2D eigenvalue weighted by Crippen LogP contribution is -2.57. The number of benzene rings is 3. The first-order valence-corrected chi connectivity index (χ1v) is 13.1. The average Bonchev–Trinajstić information content (AvgIpc) is 3.20. The molecule has 3 aromatic rings. The highest BCUT2D eigenvalue weighted by molar-refractivity contribution is 6.55. The third-order valence-electron chi connectivity index (χ3n) is 5.94. The van der Waals surface area contributed by atoms with Gasteiger partial charge in [0.2, 0.25) is 0 Å². The number of halogens is 6. The molecule has 15 heteroatoms. The number of imide groups is 1. The van der Waals surface area contributed by atoms with Gasteiger partial charge in [-0.3, -0.25) is 29.3 Å². The molecule has 9 nitrogen and oxygen atoms in total. The molecule has 4 rings (SSSR count). The second-order valence-corrected chi connectivity index (χ2v) is 10.1. The summed E-state index contributed by atoms with van der Waals surface area (Å²) in [5.74, 6) is -5.01. The van der Waals surface area contributed by atoms with E-state index in [1.165, 1.54) is 0 Å². The number of rotatable bonds is 8. The smallest absolute Gasteiger partial charge is 0.282 e. The third kappa shape index (κ3) is 5.13. The Kier molecular flexibility index (Phi) is 8.67. The molecule has 0 saturated carbocycles. The van der Waals surface area contributed by atoms with E-state index in [0.717, 1.165) is 48.5 Å².